The quantitative estimate of drug-likeness (QED) is 0.874. The zero-order valence-electron chi connectivity index (χ0n) is 9.72. The largest absolute Gasteiger partial charge is 0.469 e. The summed E-state index contributed by atoms with van der Waals surface area (Å²) < 4.78 is 5.16. The molecule has 2 N–H and O–H groups in total. The molecule has 2 aromatic rings. The first kappa shape index (κ1) is 11.6. The molecule has 0 aliphatic carbocycles. The summed E-state index contributed by atoms with van der Waals surface area (Å²) in [6.07, 6.45) is 1.77. The number of hydrogen-bond donors (Lipinski definition) is 1. The first-order chi connectivity index (χ1) is 8.10. The second-order valence-electron chi connectivity index (χ2n) is 4.25. The van der Waals surface area contributed by atoms with Crippen LogP contribution in [0.15, 0.2) is 53.1 Å². The zero-order chi connectivity index (χ0) is 12.3. The molecular weight excluding hydrogens is 214 g/mol. The lowest BCUT2D eigenvalue weighted by atomic mass is 9.87. The highest BCUT2D eigenvalue weighted by Gasteiger charge is 2.30. The summed E-state index contributed by atoms with van der Waals surface area (Å²) in [6.45, 7) is 1.73. The Bertz CT molecular complexity index is 486. The van der Waals surface area contributed by atoms with Crippen molar-refractivity contribution in [2.24, 2.45) is 5.73 Å². The van der Waals surface area contributed by atoms with Crippen LogP contribution in [-0.2, 0) is 16.8 Å². The first-order valence-electron chi connectivity index (χ1n) is 5.51. The number of carbonyl (C=O) groups is 1. The van der Waals surface area contributed by atoms with Gasteiger partial charge in [0.1, 0.15) is 5.76 Å². The summed E-state index contributed by atoms with van der Waals surface area (Å²) in [5.41, 5.74) is 5.95. The Hall–Kier alpha value is -1.87. The summed E-state index contributed by atoms with van der Waals surface area (Å²) in [6, 6.07) is 12.9. The van der Waals surface area contributed by atoms with Crippen LogP contribution >= 0.6 is 0 Å². The molecule has 1 unspecified atom stereocenters. The van der Waals surface area contributed by atoms with Gasteiger partial charge in [0.15, 0.2) is 5.78 Å². The van der Waals surface area contributed by atoms with Crippen LogP contribution in [0.5, 0.6) is 0 Å². The number of hydrogen-bond acceptors (Lipinski definition) is 3. The molecule has 0 saturated carbocycles. The molecule has 17 heavy (non-hydrogen) atoms. The smallest absolute Gasteiger partial charge is 0.164 e. The van der Waals surface area contributed by atoms with Gasteiger partial charge in [0, 0.05) is 0 Å². The molecule has 3 nitrogen and oxygen atoms in total. The number of benzene rings is 1. The number of Topliss-reactive ketones (excluding diaryl/α,β-unsaturated/α-hetero) is 1. The fraction of sp³-hybridized carbons (Fsp3) is 0.214. The lowest BCUT2D eigenvalue weighted by molar-refractivity contribution is -0.123. The Balaban J connectivity index is 2.18. The van der Waals surface area contributed by atoms with Crippen molar-refractivity contribution in [2.75, 3.05) is 0 Å². The molecule has 0 radical (unpaired) electrons. The summed E-state index contributed by atoms with van der Waals surface area (Å²) >= 11 is 0. The Morgan fingerprint density at radius 3 is 2.53 bits per heavy atom. The molecule has 0 saturated heterocycles. The van der Waals surface area contributed by atoms with Gasteiger partial charge >= 0.3 is 0 Å². The van der Waals surface area contributed by atoms with Crippen molar-refractivity contribution in [3.8, 4) is 0 Å². The molecule has 1 aromatic heterocycles. The van der Waals surface area contributed by atoms with E-state index in [2.05, 4.69) is 0 Å². The fourth-order valence-corrected chi connectivity index (χ4v) is 1.70. The predicted molar refractivity (Wildman–Crippen MR) is 65.4 cm³/mol. The van der Waals surface area contributed by atoms with Crippen LogP contribution in [-0.4, -0.2) is 5.78 Å². The highest BCUT2D eigenvalue weighted by molar-refractivity contribution is 5.90. The van der Waals surface area contributed by atoms with Crippen LogP contribution in [0.2, 0.25) is 0 Å². The summed E-state index contributed by atoms with van der Waals surface area (Å²) in [5.74, 6) is 0.584. The molecule has 2 rings (SSSR count). The lowest BCUT2D eigenvalue weighted by Gasteiger charge is -2.23. The Morgan fingerprint density at radius 2 is 1.94 bits per heavy atom. The van der Waals surface area contributed by atoms with Gasteiger partial charge in [0.25, 0.3) is 0 Å². The van der Waals surface area contributed by atoms with Crippen LogP contribution < -0.4 is 5.73 Å². The van der Waals surface area contributed by atoms with Crippen molar-refractivity contribution >= 4 is 5.78 Å². The minimum atomic E-state index is -0.978. The van der Waals surface area contributed by atoms with Gasteiger partial charge < -0.3 is 10.2 Å². The van der Waals surface area contributed by atoms with E-state index in [-0.39, 0.29) is 12.2 Å². The Kier molecular flexibility index (Phi) is 3.11. The van der Waals surface area contributed by atoms with Gasteiger partial charge in [-0.1, -0.05) is 30.3 Å². The van der Waals surface area contributed by atoms with Gasteiger partial charge in [0.05, 0.1) is 18.2 Å². The van der Waals surface area contributed by atoms with Crippen molar-refractivity contribution in [3.05, 3.63) is 60.1 Å². The van der Waals surface area contributed by atoms with E-state index in [4.69, 9.17) is 10.2 Å². The number of rotatable bonds is 4. The molecule has 0 bridgehead atoms. The van der Waals surface area contributed by atoms with Gasteiger partial charge in [-0.2, -0.15) is 0 Å². The van der Waals surface area contributed by atoms with Crippen LogP contribution in [0.4, 0.5) is 0 Å². The molecule has 3 heteroatoms. The molecule has 1 atom stereocenters. The van der Waals surface area contributed by atoms with Crippen molar-refractivity contribution in [2.45, 2.75) is 18.9 Å². The van der Waals surface area contributed by atoms with E-state index in [1.165, 1.54) is 0 Å². The summed E-state index contributed by atoms with van der Waals surface area (Å²) in [5, 5.41) is 0. The summed E-state index contributed by atoms with van der Waals surface area (Å²) in [7, 11) is 0. The van der Waals surface area contributed by atoms with Gasteiger partial charge in [-0.25, -0.2) is 0 Å². The normalized spacial score (nSPS) is 14.2. The van der Waals surface area contributed by atoms with E-state index in [1.807, 2.05) is 30.3 Å². The third-order valence-corrected chi connectivity index (χ3v) is 2.87. The minimum absolute atomic E-state index is 0.0568. The minimum Gasteiger partial charge on any atom is -0.469 e. The van der Waals surface area contributed by atoms with Crippen molar-refractivity contribution in [1.29, 1.82) is 0 Å². The highest BCUT2D eigenvalue weighted by atomic mass is 16.3. The van der Waals surface area contributed by atoms with Gasteiger partial charge in [-0.3, -0.25) is 4.79 Å². The van der Waals surface area contributed by atoms with E-state index in [1.54, 1.807) is 25.3 Å². The maximum atomic E-state index is 12.1. The van der Waals surface area contributed by atoms with E-state index in [9.17, 15) is 4.79 Å². The molecule has 0 aliphatic heterocycles. The zero-order valence-corrected chi connectivity index (χ0v) is 9.72. The van der Waals surface area contributed by atoms with Gasteiger partial charge in [0.2, 0.25) is 0 Å². The van der Waals surface area contributed by atoms with Crippen molar-refractivity contribution in [1.82, 2.24) is 0 Å². The van der Waals surface area contributed by atoms with Crippen LogP contribution in [0.3, 0.4) is 0 Å². The molecule has 0 spiro atoms. The highest BCUT2D eigenvalue weighted by Crippen LogP contribution is 2.20. The topological polar surface area (TPSA) is 56.2 Å². The average molecular weight is 229 g/mol. The summed E-state index contributed by atoms with van der Waals surface area (Å²) in [4.78, 5) is 12.1. The molecule has 0 amide bonds. The second-order valence-corrected chi connectivity index (χ2v) is 4.25. The third-order valence-electron chi connectivity index (χ3n) is 2.87. The maximum absolute atomic E-state index is 12.1. The Morgan fingerprint density at radius 1 is 1.24 bits per heavy atom. The average Bonchev–Trinajstić information content (AvgIpc) is 2.83. The SMILES string of the molecule is CC(N)(C(=O)Cc1ccco1)c1ccccc1. The first-order valence-corrected chi connectivity index (χ1v) is 5.51. The molecule has 0 aliphatic rings. The number of nitrogens with two attached hydrogens (primary N) is 1. The maximum Gasteiger partial charge on any atom is 0.164 e. The molecular formula is C14H15NO2. The Labute approximate surface area is 100 Å². The molecule has 0 fully saturated rings. The van der Waals surface area contributed by atoms with Crippen molar-refractivity contribution < 1.29 is 9.21 Å². The van der Waals surface area contributed by atoms with Crippen LogP contribution in [0.25, 0.3) is 0 Å². The van der Waals surface area contributed by atoms with E-state index < -0.39 is 5.54 Å². The predicted octanol–water partition coefficient (Wildman–Crippen LogP) is 2.27. The number of furan rings is 1. The van der Waals surface area contributed by atoms with Crippen LogP contribution in [0.1, 0.15) is 18.2 Å². The monoisotopic (exact) mass is 229 g/mol. The number of ketones is 1. The van der Waals surface area contributed by atoms with Crippen LogP contribution in [0, 0.1) is 0 Å². The molecule has 88 valence electrons. The third kappa shape index (κ3) is 2.45. The number of carbonyl (C=O) groups excluding carboxylic acids is 1. The molecule has 1 heterocycles. The standard InChI is InChI=1S/C14H15NO2/c1-14(15,11-6-3-2-4-7-11)13(16)10-12-8-5-9-17-12/h2-9H,10,15H2,1H3. The van der Waals surface area contributed by atoms with E-state index in [0.717, 1.165) is 5.56 Å². The molecule has 1 aromatic carbocycles. The van der Waals surface area contributed by atoms with Gasteiger partial charge in [-0.05, 0) is 24.6 Å². The van der Waals surface area contributed by atoms with E-state index >= 15 is 0 Å². The second kappa shape index (κ2) is 4.55. The lowest BCUT2D eigenvalue weighted by Crippen LogP contribution is -2.42. The fourth-order valence-electron chi connectivity index (χ4n) is 1.70. The van der Waals surface area contributed by atoms with Crippen molar-refractivity contribution in [3.63, 3.8) is 0 Å². The van der Waals surface area contributed by atoms with Gasteiger partial charge in [-0.15, -0.1) is 0 Å². The van der Waals surface area contributed by atoms with E-state index in [0.29, 0.717) is 5.76 Å².